The lowest BCUT2D eigenvalue weighted by molar-refractivity contribution is -0.137. The molecule has 1 N–H and O–H groups in total. The van der Waals surface area contributed by atoms with Crippen LogP contribution in [0.2, 0.25) is 0 Å². The van der Waals surface area contributed by atoms with Gasteiger partial charge in [0.2, 0.25) is 5.91 Å². The van der Waals surface area contributed by atoms with Crippen LogP contribution in [0.25, 0.3) is 0 Å². The van der Waals surface area contributed by atoms with Crippen molar-refractivity contribution >= 4 is 17.5 Å². The highest BCUT2D eigenvalue weighted by molar-refractivity contribution is 6.03. The van der Waals surface area contributed by atoms with Crippen LogP contribution in [0.1, 0.15) is 41.8 Å². The summed E-state index contributed by atoms with van der Waals surface area (Å²) in [4.78, 5) is 27.2. The molecular formula is C21H21F3N2O2. The third-order valence-corrected chi connectivity index (χ3v) is 4.68. The Morgan fingerprint density at radius 1 is 1.14 bits per heavy atom. The molecule has 1 aliphatic heterocycles. The maximum Gasteiger partial charge on any atom is 0.416 e. The van der Waals surface area contributed by atoms with Gasteiger partial charge in [-0.25, -0.2) is 0 Å². The van der Waals surface area contributed by atoms with E-state index in [0.29, 0.717) is 18.5 Å². The molecule has 0 saturated heterocycles. The number of benzene rings is 2. The Bertz CT molecular complexity index is 893. The summed E-state index contributed by atoms with van der Waals surface area (Å²) in [5.74, 6) is -0.608. The van der Waals surface area contributed by atoms with Gasteiger partial charge in [-0.05, 0) is 42.2 Å². The first kappa shape index (κ1) is 19.9. The normalized spacial score (nSPS) is 14.9. The van der Waals surface area contributed by atoms with E-state index in [0.717, 1.165) is 17.7 Å². The van der Waals surface area contributed by atoms with Gasteiger partial charge in [-0.1, -0.05) is 38.1 Å². The SMILES string of the molecule is CC(C)C[C@H](C(=O)Nc1cccc(C(F)(F)F)c1)N1Cc2ccccc2C1=O. The summed E-state index contributed by atoms with van der Waals surface area (Å²) in [6.45, 7) is 4.17. The Morgan fingerprint density at radius 3 is 2.50 bits per heavy atom. The largest absolute Gasteiger partial charge is 0.416 e. The van der Waals surface area contributed by atoms with E-state index in [9.17, 15) is 22.8 Å². The van der Waals surface area contributed by atoms with Crippen molar-refractivity contribution < 1.29 is 22.8 Å². The number of nitrogens with zero attached hydrogens (tertiary/aromatic N) is 1. The third kappa shape index (κ3) is 4.18. The molecule has 1 aliphatic rings. The number of nitrogens with one attached hydrogen (secondary N) is 1. The summed E-state index contributed by atoms with van der Waals surface area (Å²) < 4.78 is 38.8. The minimum Gasteiger partial charge on any atom is -0.324 e. The fourth-order valence-electron chi connectivity index (χ4n) is 3.35. The molecule has 0 fully saturated rings. The second kappa shape index (κ2) is 7.66. The summed E-state index contributed by atoms with van der Waals surface area (Å²) in [5, 5.41) is 2.55. The van der Waals surface area contributed by atoms with Crippen LogP contribution in [0, 0.1) is 5.92 Å². The van der Waals surface area contributed by atoms with E-state index in [1.54, 1.807) is 12.1 Å². The van der Waals surface area contributed by atoms with Gasteiger partial charge in [0.25, 0.3) is 5.91 Å². The van der Waals surface area contributed by atoms with Gasteiger partial charge < -0.3 is 10.2 Å². The number of hydrogen-bond donors (Lipinski definition) is 1. The molecular weight excluding hydrogens is 369 g/mol. The number of fused-ring (bicyclic) bond motifs is 1. The van der Waals surface area contributed by atoms with Gasteiger partial charge in [0, 0.05) is 17.8 Å². The first-order valence-corrected chi connectivity index (χ1v) is 9.04. The van der Waals surface area contributed by atoms with Gasteiger partial charge >= 0.3 is 6.18 Å². The summed E-state index contributed by atoms with van der Waals surface area (Å²) >= 11 is 0. The zero-order valence-corrected chi connectivity index (χ0v) is 15.6. The van der Waals surface area contributed by atoms with Crippen LogP contribution in [-0.2, 0) is 17.5 Å². The number of carbonyl (C=O) groups is 2. The second-order valence-corrected chi connectivity index (χ2v) is 7.30. The number of rotatable bonds is 5. The van der Waals surface area contributed by atoms with E-state index in [2.05, 4.69) is 5.32 Å². The van der Waals surface area contributed by atoms with Gasteiger partial charge in [-0.15, -0.1) is 0 Å². The second-order valence-electron chi connectivity index (χ2n) is 7.30. The minimum atomic E-state index is -4.50. The number of alkyl halides is 3. The lowest BCUT2D eigenvalue weighted by Gasteiger charge is -2.28. The average Bonchev–Trinajstić information content (AvgIpc) is 2.96. The van der Waals surface area contributed by atoms with E-state index in [4.69, 9.17) is 0 Å². The molecule has 1 heterocycles. The van der Waals surface area contributed by atoms with Crippen molar-refractivity contribution in [3.63, 3.8) is 0 Å². The first-order valence-electron chi connectivity index (χ1n) is 9.04. The van der Waals surface area contributed by atoms with Crippen molar-refractivity contribution in [2.75, 3.05) is 5.32 Å². The Hall–Kier alpha value is -2.83. The van der Waals surface area contributed by atoms with Crippen LogP contribution in [0.15, 0.2) is 48.5 Å². The molecule has 0 saturated carbocycles. The molecule has 0 bridgehead atoms. The lowest BCUT2D eigenvalue weighted by Crippen LogP contribution is -2.45. The molecule has 1 atom stereocenters. The quantitative estimate of drug-likeness (QED) is 0.804. The zero-order chi connectivity index (χ0) is 20.5. The van der Waals surface area contributed by atoms with Gasteiger partial charge in [-0.3, -0.25) is 9.59 Å². The van der Waals surface area contributed by atoms with Crippen LogP contribution in [0.5, 0.6) is 0 Å². The molecule has 2 aromatic carbocycles. The van der Waals surface area contributed by atoms with Crippen LogP contribution < -0.4 is 5.32 Å². The topological polar surface area (TPSA) is 49.4 Å². The monoisotopic (exact) mass is 390 g/mol. The Balaban J connectivity index is 1.83. The molecule has 0 radical (unpaired) electrons. The smallest absolute Gasteiger partial charge is 0.324 e. The van der Waals surface area contributed by atoms with Crippen molar-refractivity contribution in [1.82, 2.24) is 4.90 Å². The van der Waals surface area contributed by atoms with Crippen molar-refractivity contribution in [2.24, 2.45) is 5.92 Å². The molecule has 148 valence electrons. The van der Waals surface area contributed by atoms with Crippen molar-refractivity contribution in [3.05, 3.63) is 65.2 Å². The lowest BCUT2D eigenvalue weighted by atomic mass is 10.0. The average molecular weight is 390 g/mol. The number of halogens is 3. The molecule has 0 aromatic heterocycles. The minimum absolute atomic E-state index is 0.0535. The summed E-state index contributed by atoms with van der Waals surface area (Å²) in [6.07, 6.45) is -4.09. The fraction of sp³-hybridized carbons (Fsp3) is 0.333. The molecule has 3 rings (SSSR count). The Morgan fingerprint density at radius 2 is 1.86 bits per heavy atom. The van der Waals surface area contributed by atoms with Gasteiger partial charge in [0.05, 0.1) is 5.56 Å². The van der Waals surface area contributed by atoms with Crippen molar-refractivity contribution in [3.8, 4) is 0 Å². The molecule has 7 heteroatoms. The molecule has 0 spiro atoms. The van der Waals surface area contributed by atoms with Crippen LogP contribution in [0.3, 0.4) is 0 Å². The molecule has 2 amide bonds. The van der Waals surface area contributed by atoms with E-state index < -0.39 is 23.7 Å². The summed E-state index contributed by atoms with van der Waals surface area (Å²) in [6, 6.07) is 10.9. The molecule has 0 unspecified atom stereocenters. The predicted molar refractivity (Wildman–Crippen MR) is 99.6 cm³/mol. The number of carbonyl (C=O) groups excluding carboxylic acids is 2. The van der Waals surface area contributed by atoms with Crippen LogP contribution >= 0.6 is 0 Å². The van der Waals surface area contributed by atoms with Crippen molar-refractivity contribution in [2.45, 2.75) is 39.0 Å². The highest BCUT2D eigenvalue weighted by Gasteiger charge is 2.37. The van der Waals surface area contributed by atoms with Crippen molar-refractivity contribution in [1.29, 1.82) is 0 Å². The van der Waals surface area contributed by atoms with E-state index in [1.165, 1.54) is 17.0 Å². The predicted octanol–water partition coefficient (Wildman–Crippen LogP) is 4.71. The number of amides is 2. The van der Waals surface area contributed by atoms with Gasteiger partial charge in [0.1, 0.15) is 6.04 Å². The maximum atomic E-state index is 12.9. The highest BCUT2D eigenvalue weighted by atomic mass is 19.4. The van der Waals surface area contributed by atoms with Gasteiger partial charge in [-0.2, -0.15) is 13.2 Å². The standard InChI is InChI=1S/C21H21F3N2O2/c1-13(2)10-18(26-12-14-6-3-4-9-17(14)20(26)28)19(27)25-16-8-5-7-15(11-16)21(22,23)24/h3-9,11,13,18H,10,12H2,1-2H3,(H,25,27)/t18-/m1/s1. The molecule has 0 aliphatic carbocycles. The molecule has 4 nitrogen and oxygen atoms in total. The Labute approximate surface area is 161 Å². The maximum absolute atomic E-state index is 12.9. The molecule has 2 aromatic rings. The van der Waals surface area contributed by atoms with Gasteiger partial charge in [0.15, 0.2) is 0 Å². The summed E-state index contributed by atoms with van der Waals surface area (Å²) in [7, 11) is 0. The number of hydrogen-bond acceptors (Lipinski definition) is 2. The number of anilines is 1. The van der Waals surface area contributed by atoms with Crippen LogP contribution in [0.4, 0.5) is 18.9 Å². The van der Waals surface area contributed by atoms with E-state index >= 15 is 0 Å². The summed E-state index contributed by atoms with van der Waals surface area (Å²) in [5.41, 5.74) is 0.615. The van der Waals surface area contributed by atoms with E-state index in [-0.39, 0.29) is 17.5 Å². The highest BCUT2D eigenvalue weighted by Crippen LogP contribution is 2.31. The third-order valence-electron chi connectivity index (χ3n) is 4.68. The van der Waals surface area contributed by atoms with E-state index in [1.807, 2.05) is 26.0 Å². The van der Waals surface area contributed by atoms with Crippen LogP contribution in [-0.4, -0.2) is 22.8 Å². The fourth-order valence-corrected chi connectivity index (χ4v) is 3.35. The Kier molecular flexibility index (Phi) is 5.45. The molecule has 28 heavy (non-hydrogen) atoms. The first-order chi connectivity index (χ1) is 13.2. The zero-order valence-electron chi connectivity index (χ0n) is 15.6.